The molecule has 0 aromatic carbocycles. The van der Waals surface area contributed by atoms with E-state index in [4.69, 9.17) is 0 Å². The second kappa shape index (κ2) is 3.42. The van der Waals surface area contributed by atoms with Crippen LogP contribution in [-0.2, 0) is 0 Å². The van der Waals surface area contributed by atoms with Crippen molar-refractivity contribution < 1.29 is 8.78 Å². The van der Waals surface area contributed by atoms with Crippen molar-refractivity contribution in [2.75, 3.05) is 26.2 Å². The number of piperazine rings is 1. The van der Waals surface area contributed by atoms with Crippen molar-refractivity contribution in [2.45, 2.75) is 38.3 Å². The molecular formula is C10H18F2N2. The lowest BCUT2D eigenvalue weighted by Gasteiger charge is -2.39. The summed E-state index contributed by atoms with van der Waals surface area (Å²) in [6.45, 7) is 6.78. The normalized spacial score (nSPS) is 33.6. The standard InChI is InChI=1S/C10H18F2N2/c1-8(2)13-3-4-14-7-10(11,12)5-9(14)6-13/h8-9H,3-7H2,1-2H3/t9-/m0/s1. The molecule has 0 aromatic heterocycles. The summed E-state index contributed by atoms with van der Waals surface area (Å²) < 4.78 is 26.2. The van der Waals surface area contributed by atoms with Crippen LogP contribution in [0.3, 0.4) is 0 Å². The smallest absolute Gasteiger partial charge is 0.262 e. The lowest BCUT2D eigenvalue weighted by atomic mass is 10.1. The highest BCUT2D eigenvalue weighted by Gasteiger charge is 2.46. The third-order valence-corrected chi connectivity index (χ3v) is 3.34. The third kappa shape index (κ3) is 1.91. The van der Waals surface area contributed by atoms with Crippen molar-refractivity contribution in [3.8, 4) is 0 Å². The Morgan fingerprint density at radius 3 is 2.64 bits per heavy atom. The average Bonchev–Trinajstić information content (AvgIpc) is 2.36. The molecule has 0 N–H and O–H groups in total. The van der Waals surface area contributed by atoms with Crippen LogP contribution in [0, 0.1) is 0 Å². The Morgan fingerprint density at radius 2 is 2.00 bits per heavy atom. The van der Waals surface area contributed by atoms with Gasteiger partial charge in [-0.2, -0.15) is 0 Å². The zero-order valence-corrected chi connectivity index (χ0v) is 8.84. The zero-order chi connectivity index (χ0) is 10.3. The number of halogens is 2. The van der Waals surface area contributed by atoms with Gasteiger partial charge in [0, 0.05) is 38.1 Å². The molecular weight excluding hydrogens is 186 g/mol. The maximum atomic E-state index is 13.1. The van der Waals surface area contributed by atoms with Crippen LogP contribution in [0.4, 0.5) is 8.78 Å². The minimum atomic E-state index is -2.45. The van der Waals surface area contributed by atoms with E-state index in [0.717, 1.165) is 19.6 Å². The fourth-order valence-electron chi connectivity index (χ4n) is 2.49. The molecule has 1 atom stereocenters. The molecule has 2 nitrogen and oxygen atoms in total. The van der Waals surface area contributed by atoms with E-state index < -0.39 is 5.92 Å². The van der Waals surface area contributed by atoms with E-state index in [1.165, 1.54) is 0 Å². The number of hydrogen-bond donors (Lipinski definition) is 0. The van der Waals surface area contributed by atoms with Gasteiger partial charge in [0.2, 0.25) is 0 Å². The molecule has 2 rings (SSSR count). The summed E-state index contributed by atoms with van der Waals surface area (Å²) >= 11 is 0. The second-order valence-corrected chi connectivity index (χ2v) is 4.77. The monoisotopic (exact) mass is 204 g/mol. The maximum Gasteiger partial charge on any atom is 0.262 e. The van der Waals surface area contributed by atoms with Crippen LogP contribution in [-0.4, -0.2) is 54.0 Å². The van der Waals surface area contributed by atoms with Crippen LogP contribution in [0.2, 0.25) is 0 Å². The molecule has 2 aliphatic rings. The van der Waals surface area contributed by atoms with E-state index >= 15 is 0 Å². The fourth-order valence-corrected chi connectivity index (χ4v) is 2.49. The van der Waals surface area contributed by atoms with Gasteiger partial charge in [0.15, 0.2) is 0 Å². The van der Waals surface area contributed by atoms with Crippen LogP contribution < -0.4 is 0 Å². The molecule has 0 saturated carbocycles. The molecule has 2 aliphatic heterocycles. The molecule has 0 aromatic rings. The van der Waals surface area contributed by atoms with Crippen molar-refractivity contribution in [3.63, 3.8) is 0 Å². The quantitative estimate of drug-likeness (QED) is 0.637. The van der Waals surface area contributed by atoms with Gasteiger partial charge in [-0.15, -0.1) is 0 Å². The lowest BCUT2D eigenvalue weighted by Crippen LogP contribution is -2.52. The van der Waals surface area contributed by atoms with Gasteiger partial charge in [-0.05, 0) is 13.8 Å². The summed E-state index contributed by atoms with van der Waals surface area (Å²) in [6, 6.07) is 0.563. The Balaban J connectivity index is 1.98. The molecule has 0 bridgehead atoms. The number of fused-ring (bicyclic) bond motifs is 1. The van der Waals surface area contributed by atoms with E-state index in [-0.39, 0.29) is 19.0 Å². The molecule has 0 aliphatic carbocycles. The topological polar surface area (TPSA) is 6.48 Å². The van der Waals surface area contributed by atoms with Crippen LogP contribution in [0.1, 0.15) is 20.3 Å². The van der Waals surface area contributed by atoms with Gasteiger partial charge in [0.05, 0.1) is 6.54 Å². The van der Waals surface area contributed by atoms with Crippen molar-refractivity contribution in [1.29, 1.82) is 0 Å². The van der Waals surface area contributed by atoms with Crippen LogP contribution in [0.25, 0.3) is 0 Å². The van der Waals surface area contributed by atoms with Crippen LogP contribution in [0.15, 0.2) is 0 Å². The molecule has 0 amide bonds. The third-order valence-electron chi connectivity index (χ3n) is 3.34. The second-order valence-electron chi connectivity index (χ2n) is 4.77. The molecule has 0 unspecified atom stereocenters. The van der Waals surface area contributed by atoms with Crippen LogP contribution in [0.5, 0.6) is 0 Å². The fraction of sp³-hybridized carbons (Fsp3) is 1.00. The van der Waals surface area contributed by atoms with Gasteiger partial charge in [-0.1, -0.05) is 0 Å². The summed E-state index contributed by atoms with van der Waals surface area (Å²) in [6.07, 6.45) is 0.0518. The van der Waals surface area contributed by atoms with Crippen molar-refractivity contribution in [2.24, 2.45) is 0 Å². The molecule has 14 heavy (non-hydrogen) atoms. The predicted octanol–water partition coefficient (Wildman–Crippen LogP) is 1.42. The van der Waals surface area contributed by atoms with Gasteiger partial charge in [0.1, 0.15) is 0 Å². The summed E-state index contributed by atoms with van der Waals surface area (Å²) in [5, 5.41) is 0. The number of rotatable bonds is 1. The van der Waals surface area contributed by atoms with Gasteiger partial charge in [-0.3, -0.25) is 9.80 Å². The van der Waals surface area contributed by atoms with Crippen molar-refractivity contribution in [3.05, 3.63) is 0 Å². The molecule has 2 heterocycles. The van der Waals surface area contributed by atoms with Gasteiger partial charge < -0.3 is 0 Å². The molecule has 4 heteroatoms. The molecule has 82 valence electrons. The number of hydrogen-bond acceptors (Lipinski definition) is 2. The van der Waals surface area contributed by atoms with E-state index in [2.05, 4.69) is 18.7 Å². The van der Waals surface area contributed by atoms with Gasteiger partial charge in [0.25, 0.3) is 5.92 Å². The first-order chi connectivity index (χ1) is 6.48. The maximum absolute atomic E-state index is 13.1. The average molecular weight is 204 g/mol. The molecule has 2 saturated heterocycles. The van der Waals surface area contributed by atoms with E-state index in [9.17, 15) is 8.78 Å². The predicted molar refractivity (Wildman–Crippen MR) is 51.6 cm³/mol. The highest BCUT2D eigenvalue weighted by Crippen LogP contribution is 2.33. The highest BCUT2D eigenvalue weighted by atomic mass is 19.3. The Labute approximate surface area is 83.9 Å². The van der Waals surface area contributed by atoms with Gasteiger partial charge in [-0.25, -0.2) is 8.78 Å². The largest absolute Gasteiger partial charge is 0.298 e. The Kier molecular flexibility index (Phi) is 2.52. The number of nitrogens with zero attached hydrogens (tertiary/aromatic N) is 2. The first kappa shape index (κ1) is 10.3. The molecule has 2 fully saturated rings. The summed E-state index contributed by atoms with van der Waals surface area (Å²) in [7, 11) is 0. The Hall–Kier alpha value is -0.220. The molecule has 0 radical (unpaired) electrons. The lowest BCUT2D eigenvalue weighted by molar-refractivity contribution is 0.0118. The highest BCUT2D eigenvalue weighted by molar-refractivity contribution is 4.95. The van der Waals surface area contributed by atoms with Crippen LogP contribution >= 0.6 is 0 Å². The zero-order valence-electron chi connectivity index (χ0n) is 8.84. The Morgan fingerprint density at radius 1 is 1.29 bits per heavy atom. The van der Waals surface area contributed by atoms with E-state index in [1.54, 1.807) is 0 Å². The van der Waals surface area contributed by atoms with E-state index in [0.29, 0.717) is 6.04 Å². The molecule has 0 spiro atoms. The van der Waals surface area contributed by atoms with Crippen molar-refractivity contribution in [1.82, 2.24) is 9.80 Å². The Bertz CT molecular complexity index is 218. The first-order valence-electron chi connectivity index (χ1n) is 5.34. The SMILES string of the molecule is CC(C)N1CCN2CC(F)(F)C[C@H]2C1. The summed E-state index contributed by atoms with van der Waals surface area (Å²) in [4.78, 5) is 4.24. The van der Waals surface area contributed by atoms with Gasteiger partial charge >= 0.3 is 0 Å². The minimum absolute atomic E-state index is 0.0242. The summed E-state index contributed by atoms with van der Waals surface area (Å²) in [5.74, 6) is -2.45. The first-order valence-corrected chi connectivity index (χ1v) is 5.34. The summed E-state index contributed by atoms with van der Waals surface area (Å²) in [5.41, 5.74) is 0. The van der Waals surface area contributed by atoms with Crippen molar-refractivity contribution >= 4 is 0 Å². The number of alkyl halides is 2. The minimum Gasteiger partial charge on any atom is -0.298 e. The van der Waals surface area contributed by atoms with E-state index in [1.807, 2.05) is 4.90 Å².